The van der Waals surface area contributed by atoms with E-state index < -0.39 is 10.1 Å². The molecule has 2 atom stereocenters. The number of ketones is 1. The molecule has 2 nitrogen and oxygen atoms in total. The first-order chi connectivity index (χ1) is 6.72. The van der Waals surface area contributed by atoms with Gasteiger partial charge in [0.1, 0.15) is 0 Å². The van der Waals surface area contributed by atoms with Crippen LogP contribution in [0.25, 0.3) is 0 Å². The fraction of sp³-hybridized carbons (Fsp3) is 0.364. The van der Waals surface area contributed by atoms with Crippen molar-refractivity contribution in [3.05, 3.63) is 36.1 Å². The number of aliphatic hydroxyl groups is 1. The minimum Gasteiger partial charge on any atom is -0.504 e. The Labute approximate surface area is 106 Å². The van der Waals surface area contributed by atoms with Crippen molar-refractivity contribution in [2.24, 2.45) is 0 Å². The molecule has 0 aliphatic heterocycles. The Hall–Kier alpha value is -0.350. The maximum absolute atomic E-state index is 11.4. The number of halogens is 2. The Morgan fingerprint density at radius 2 is 1.67 bits per heavy atom. The first kappa shape index (κ1) is 12.7. The zero-order valence-corrected chi connectivity index (χ0v) is 11.7. The summed E-state index contributed by atoms with van der Waals surface area (Å²) in [7, 11) is 0. The van der Waals surface area contributed by atoms with Crippen molar-refractivity contribution >= 4 is 37.6 Å². The van der Waals surface area contributed by atoms with Crippen LogP contribution in [0.1, 0.15) is 13.8 Å². The molecule has 4 heteroatoms. The quantitative estimate of drug-likeness (QED) is 0.544. The summed E-state index contributed by atoms with van der Waals surface area (Å²) in [6.45, 7) is 3.76. The molecule has 0 amide bonds. The fourth-order valence-corrected chi connectivity index (χ4v) is 1.71. The van der Waals surface area contributed by atoms with Crippen LogP contribution >= 0.6 is 31.9 Å². The lowest BCUT2D eigenvalue weighted by molar-refractivity contribution is -0.113. The van der Waals surface area contributed by atoms with Gasteiger partial charge in [0.15, 0.2) is 5.76 Å². The van der Waals surface area contributed by atoms with E-state index in [0.29, 0.717) is 0 Å². The molecule has 2 unspecified atom stereocenters. The lowest BCUT2D eigenvalue weighted by atomic mass is 10.1. The highest BCUT2D eigenvalue weighted by Gasteiger charge is 2.22. The van der Waals surface area contributed by atoms with E-state index in [4.69, 9.17) is 0 Å². The Kier molecular flexibility index (Phi) is 3.61. The zero-order chi connectivity index (χ0) is 11.7. The van der Waals surface area contributed by atoms with Gasteiger partial charge in [-0.3, -0.25) is 4.79 Å². The summed E-state index contributed by atoms with van der Waals surface area (Å²) in [5.74, 6) is -0.643. The molecule has 0 heterocycles. The van der Waals surface area contributed by atoms with Gasteiger partial charge >= 0.3 is 0 Å². The predicted octanol–water partition coefficient (Wildman–Crippen LogP) is 3.43. The highest BCUT2D eigenvalue weighted by molar-refractivity contribution is 9.10. The Morgan fingerprint density at radius 3 is 2.27 bits per heavy atom. The normalized spacial score (nSPS) is 44.5. The van der Waals surface area contributed by atoms with Gasteiger partial charge in [-0.25, -0.2) is 0 Å². The van der Waals surface area contributed by atoms with Crippen LogP contribution in [0.2, 0.25) is 0 Å². The number of alkyl halides is 2. The first-order valence-electron chi connectivity index (χ1n) is 4.45. The standard InChI is InChI=1S/C11H12Br2O2/c1-10(12)4-3-8(14)9(15)7-11(2,13)6-5-10/h3-7,15H,1-2H3/b4-3-,6-5-,9-7+. The average molecular weight is 336 g/mol. The third-order valence-electron chi connectivity index (χ3n) is 1.97. The van der Waals surface area contributed by atoms with E-state index in [9.17, 15) is 9.90 Å². The molecule has 1 aliphatic rings. The fourth-order valence-electron chi connectivity index (χ4n) is 1.09. The molecule has 82 valence electrons. The molecule has 0 aromatic carbocycles. The molecular formula is C11H12Br2O2. The topological polar surface area (TPSA) is 37.3 Å². The van der Waals surface area contributed by atoms with E-state index in [0.717, 1.165) is 0 Å². The van der Waals surface area contributed by atoms with Crippen molar-refractivity contribution in [2.45, 2.75) is 22.5 Å². The van der Waals surface area contributed by atoms with Gasteiger partial charge in [0.25, 0.3) is 0 Å². The zero-order valence-electron chi connectivity index (χ0n) is 8.50. The summed E-state index contributed by atoms with van der Waals surface area (Å²) in [5.41, 5.74) is 0. The minimum absolute atomic E-state index is 0.250. The van der Waals surface area contributed by atoms with Crippen molar-refractivity contribution in [1.29, 1.82) is 0 Å². The molecule has 0 saturated heterocycles. The molecular weight excluding hydrogens is 324 g/mol. The molecule has 1 aliphatic carbocycles. The van der Waals surface area contributed by atoms with Crippen LogP contribution in [0, 0.1) is 0 Å². The van der Waals surface area contributed by atoms with Crippen molar-refractivity contribution in [1.82, 2.24) is 0 Å². The second-order valence-corrected chi connectivity index (χ2v) is 7.28. The van der Waals surface area contributed by atoms with Gasteiger partial charge in [0, 0.05) is 0 Å². The van der Waals surface area contributed by atoms with Gasteiger partial charge in [-0.05, 0) is 26.0 Å². The monoisotopic (exact) mass is 334 g/mol. The molecule has 0 saturated carbocycles. The van der Waals surface area contributed by atoms with Crippen molar-refractivity contribution < 1.29 is 9.90 Å². The minimum atomic E-state index is -0.520. The van der Waals surface area contributed by atoms with Gasteiger partial charge < -0.3 is 5.11 Å². The highest BCUT2D eigenvalue weighted by atomic mass is 79.9. The van der Waals surface area contributed by atoms with Crippen molar-refractivity contribution in [3.63, 3.8) is 0 Å². The third kappa shape index (κ3) is 3.95. The number of hydrogen-bond donors (Lipinski definition) is 1. The van der Waals surface area contributed by atoms with Gasteiger partial charge in [0.05, 0.1) is 8.65 Å². The molecule has 0 fully saturated rings. The van der Waals surface area contributed by atoms with Crippen LogP contribution < -0.4 is 0 Å². The predicted molar refractivity (Wildman–Crippen MR) is 68.7 cm³/mol. The van der Waals surface area contributed by atoms with Gasteiger partial charge in [-0.15, -0.1) is 0 Å². The van der Waals surface area contributed by atoms with Crippen LogP contribution in [-0.4, -0.2) is 19.5 Å². The molecule has 1 rings (SSSR count). The smallest absolute Gasteiger partial charge is 0.219 e. The summed E-state index contributed by atoms with van der Waals surface area (Å²) in [4.78, 5) is 11.4. The average Bonchev–Trinajstić information content (AvgIpc) is 2.12. The van der Waals surface area contributed by atoms with Crippen LogP contribution in [0.5, 0.6) is 0 Å². The number of hydrogen-bond acceptors (Lipinski definition) is 2. The van der Waals surface area contributed by atoms with Gasteiger partial charge in [0.2, 0.25) is 5.78 Å². The van der Waals surface area contributed by atoms with Crippen molar-refractivity contribution in [3.8, 4) is 0 Å². The Bertz CT molecular complexity index is 363. The lowest BCUT2D eigenvalue weighted by Crippen LogP contribution is -2.12. The summed E-state index contributed by atoms with van der Waals surface area (Å²) >= 11 is 6.87. The number of allylic oxidation sites excluding steroid dienone is 5. The Balaban J connectivity index is 3.20. The summed E-state index contributed by atoms with van der Waals surface area (Å²) in [5, 5.41) is 9.49. The summed E-state index contributed by atoms with van der Waals surface area (Å²) in [6, 6.07) is 0. The molecule has 0 aromatic heterocycles. The van der Waals surface area contributed by atoms with E-state index >= 15 is 0 Å². The van der Waals surface area contributed by atoms with E-state index in [1.54, 1.807) is 6.08 Å². The van der Waals surface area contributed by atoms with Crippen LogP contribution in [-0.2, 0) is 4.79 Å². The van der Waals surface area contributed by atoms with Crippen LogP contribution in [0.4, 0.5) is 0 Å². The number of rotatable bonds is 0. The first-order valence-corrected chi connectivity index (χ1v) is 6.04. The molecule has 15 heavy (non-hydrogen) atoms. The molecule has 0 aromatic rings. The van der Waals surface area contributed by atoms with E-state index in [-0.39, 0.29) is 10.1 Å². The molecule has 1 N–H and O–H groups in total. The summed E-state index contributed by atoms with van der Waals surface area (Å²) < 4.78 is -0.899. The maximum Gasteiger partial charge on any atom is 0.219 e. The number of carbonyl (C=O) groups excluding carboxylic acids is 1. The van der Waals surface area contributed by atoms with Gasteiger partial charge in [-0.2, -0.15) is 0 Å². The molecule has 0 radical (unpaired) electrons. The molecule has 0 spiro atoms. The maximum atomic E-state index is 11.4. The van der Waals surface area contributed by atoms with Gasteiger partial charge in [-0.1, -0.05) is 50.1 Å². The van der Waals surface area contributed by atoms with Crippen LogP contribution in [0.3, 0.4) is 0 Å². The third-order valence-corrected chi connectivity index (χ3v) is 2.99. The lowest BCUT2D eigenvalue weighted by Gasteiger charge is -2.16. The number of carbonyl (C=O) groups is 1. The second-order valence-electron chi connectivity index (χ2n) is 3.86. The summed E-state index contributed by atoms with van der Waals surface area (Å²) in [6.07, 6.45) is 8.33. The van der Waals surface area contributed by atoms with Crippen molar-refractivity contribution in [2.75, 3.05) is 0 Å². The van der Waals surface area contributed by atoms with E-state index in [1.807, 2.05) is 26.0 Å². The number of aliphatic hydroxyl groups excluding tert-OH is 1. The Morgan fingerprint density at radius 1 is 1.13 bits per heavy atom. The van der Waals surface area contributed by atoms with Crippen LogP contribution in [0.15, 0.2) is 36.1 Å². The van der Waals surface area contributed by atoms with E-state index in [2.05, 4.69) is 31.9 Å². The highest BCUT2D eigenvalue weighted by Crippen LogP contribution is 2.29. The SMILES string of the molecule is CC1(Br)/C=C\C(=O)/C(O)=C\C(C)(Br)/C=C\1. The largest absolute Gasteiger partial charge is 0.504 e. The second kappa shape index (κ2) is 4.26. The van der Waals surface area contributed by atoms with E-state index in [1.165, 1.54) is 12.2 Å². The molecule has 0 bridgehead atoms.